The summed E-state index contributed by atoms with van der Waals surface area (Å²) in [6, 6.07) is 9.34. The lowest BCUT2D eigenvalue weighted by atomic mass is 10.0. The number of nitrogens with one attached hydrogen (secondary N) is 3. The molecule has 0 spiro atoms. The zero-order valence-electron chi connectivity index (χ0n) is 12.8. The van der Waals surface area contributed by atoms with Gasteiger partial charge in [0.05, 0.1) is 6.61 Å². The molecule has 1 heterocycles. The lowest BCUT2D eigenvalue weighted by Crippen LogP contribution is -2.36. The minimum Gasteiger partial charge on any atom is -0.494 e. The number of hydrazine groups is 1. The van der Waals surface area contributed by atoms with Crippen LogP contribution in [0.1, 0.15) is 38.3 Å². The lowest BCUT2D eigenvalue weighted by molar-refractivity contribution is 0.289. The van der Waals surface area contributed by atoms with E-state index in [1.165, 1.54) is 5.56 Å². The number of benzene rings is 1. The fourth-order valence-corrected chi connectivity index (χ4v) is 2.43. The van der Waals surface area contributed by atoms with E-state index in [0.29, 0.717) is 18.0 Å². The molecule has 2 rings (SSSR count). The van der Waals surface area contributed by atoms with Crippen LogP contribution in [0.15, 0.2) is 24.3 Å². The second-order valence-corrected chi connectivity index (χ2v) is 5.93. The van der Waals surface area contributed by atoms with E-state index < -0.39 is 0 Å². The fourth-order valence-electron chi connectivity index (χ4n) is 2.43. The Kier molecular flexibility index (Phi) is 5.83. The lowest BCUT2D eigenvalue weighted by Gasteiger charge is -2.12. The highest BCUT2D eigenvalue weighted by atomic mass is 16.5. The Hall–Kier alpha value is -1.10. The van der Waals surface area contributed by atoms with Crippen LogP contribution in [0.3, 0.4) is 0 Å². The maximum atomic E-state index is 5.75. The first-order valence-corrected chi connectivity index (χ1v) is 7.57. The molecular formula is C16H27N3O. The average Bonchev–Trinajstić information content (AvgIpc) is 2.88. The number of rotatable bonds is 7. The van der Waals surface area contributed by atoms with E-state index in [1.807, 2.05) is 7.05 Å². The van der Waals surface area contributed by atoms with Gasteiger partial charge < -0.3 is 10.1 Å². The maximum absolute atomic E-state index is 5.75. The molecule has 0 aliphatic carbocycles. The Morgan fingerprint density at radius 1 is 1.25 bits per heavy atom. The minimum absolute atomic E-state index is 0.387. The third kappa shape index (κ3) is 4.47. The van der Waals surface area contributed by atoms with Crippen molar-refractivity contribution < 1.29 is 4.74 Å². The molecule has 20 heavy (non-hydrogen) atoms. The van der Waals surface area contributed by atoms with Crippen LogP contribution in [-0.2, 0) is 0 Å². The Bertz CT molecular complexity index is 391. The van der Waals surface area contributed by atoms with E-state index in [1.54, 1.807) is 0 Å². The van der Waals surface area contributed by atoms with Gasteiger partial charge in [-0.3, -0.25) is 5.43 Å². The highest BCUT2D eigenvalue weighted by Crippen LogP contribution is 2.24. The molecule has 0 amide bonds. The number of hydrogen-bond acceptors (Lipinski definition) is 4. The molecule has 1 aromatic rings. The van der Waals surface area contributed by atoms with Crippen molar-refractivity contribution in [3.8, 4) is 5.75 Å². The monoisotopic (exact) mass is 277 g/mol. The molecule has 3 N–H and O–H groups in total. The van der Waals surface area contributed by atoms with Gasteiger partial charge in [-0.25, -0.2) is 5.43 Å². The van der Waals surface area contributed by atoms with Crippen LogP contribution < -0.4 is 20.9 Å². The Morgan fingerprint density at radius 3 is 2.65 bits per heavy atom. The summed E-state index contributed by atoms with van der Waals surface area (Å²) >= 11 is 0. The second-order valence-electron chi connectivity index (χ2n) is 5.93. The van der Waals surface area contributed by atoms with Crippen molar-refractivity contribution in [2.45, 2.75) is 38.8 Å². The summed E-state index contributed by atoms with van der Waals surface area (Å²) in [6.07, 6.45) is 2.20. The Morgan fingerprint density at radius 2 is 2.00 bits per heavy atom. The molecule has 2 atom stereocenters. The molecule has 0 radical (unpaired) electrons. The first kappa shape index (κ1) is 15.3. The molecule has 1 aliphatic rings. The van der Waals surface area contributed by atoms with Crippen LogP contribution in [-0.4, -0.2) is 26.2 Å². The minimum atomic E-state index is 0.387. The van der Waals surface area contributed by atoms with E-state index in [0.717, 1.165) is 31.7 Å². The molecule has 0 saturated carbocycles. The molecular weight excluding hydrogens is 250 g/mol. The molecule has 0 bridgehead atoms. The van der Waals surface area contributed by atoms with E-state index in [-0.39, 0.29) is 0 Å². The van der Waals surface area contributed by atoms with E-state index in [4.69, 9.17) is 4.74 Å². The van der Waals surface area contributed by atoms with Gasteiger partial charge in [-0.2, -0.15) is 0 Å². The van der Waals surface area contributed by atoms with Gasteiger partial charge in [0.15, 0.2) is 0 Å². The van der Waals surface area contributed by atoms with Crippen LogP contribution in [0.25, 0.3) is 0 Å². The van der Waals surface area contributed by atoms with Crippen molar-refractivity contribution in [1.82, 2.24) is 16.2 Å². The summed E-state index contributed by atoms with van der Waals surface area (Å²) in [6.45, 7) is 6.21. The van der Waals surface area contributed by atoms with Crippen molar-refractivity contribution in [2.75, 3.05) is 20.2 Å². The predicted molar refractivity (Wildman–Crippen MR) is 82.7 cm³/mol. The van der Waals surface area contributed by atoms with E-state index in [2.05, 4.69) is 54.3 Å². The van der Waals surface area contributed by atoms with Gasteiger partial charge >= 0.3 is 0 Å². The van der Waals surface area contributed by atoms with Gasteiger partial charge in [-0.15, -0.1) is 0 Å². The molecule has 1 aromatic carbocycles. The maximum Gasteiger partial charge on any atom is 0.119 e. The summed E-state index contributed by atoms with van der Waals surface area (Å²) < 4.78 is 5.75. The quantitative estimate of drug-likeness (QED) is 0.715. The summed E-state index contributed by atoms with van der Waals surface area (Å²) in [5, 5.41) is 3.20. The van der Waals surface area contributed by atoms with Crippen LogP contribution in [0, 0.1) is 5.92 Å². The predicted octanol–water partition coefficient (Wildman–Crippen LogP) is 2.24. The van der Waals surface area contributed by atoms with Crippen LogP contribution in [0.5, 0.6) is 5.75 Å². The highest BCUT2D eigenvalue weighted by Gasteiger charge is 2.24. The first-order valence-electron chi connectivity index (χ1n) is 7.57. The third-order valence-corrected chi connectivity index (χ3v) is 3.68. The first-order chi connectivity index (χ1) is 9.69. The van der Waals surface area contributed by atoms with E-state index >= 15 is 0 Å². The molecule has 2 unspecified atom stereocenters. The van der Waals surface area contributed by atoms with Gasteiger partial charge in [0.1, 0.15) is 5.75 Å². The summed E-state index contributed by atoms with van der Waals surface area (Å²) in [4.78, 5) is 0. The van der Waals surface area contributed by atoms with Crippen molar-refractivity contribution in [3.05, 3.63) is 29.8 Å². The van der Waals surface area contributed by atoms with Crippen molar-refractivity contribution in [1.29, 1.82) is 0 Å². The molecule has 112 valence electrons. The Balaban J connectivity index is 1.82. The largest absolute Gasteiger partial charge is 0.494 e. The van der Waals surface area contributed by atoms with Crippen molar-refractivity contribution >= 4 is 0 Å². The average molecular weight is 277 g/mol. The number of likely N-dealkylation sites (N-methyl/N-ethyl adjacent to an activating group) is 1. The summed E-state index contributed by atoms with van der Waals surface area (Å²) in [5.41, 5.74) is 7.99. The number of ether oxygens (including phenoxy) is 1. The highest BCUT2D eigenvalue weighted by molar-refractivity contribution is 5.29. The molecule has 4 heteroatoms. The smallest absolute Gasteiger partial charge is 0.119 e. The fraction of sp³-hybridized carbons (Fsp3) is 0.625. The summed E-state index contributed by atoms with van der Waals surface area (Å²) in [7, 11) is 1.98. The zero-order chi connectivity index (χ0) is 14.4. The second kappa shape index (κ2) is 7.62. The topological polar surface area (TPSA) is 45.3 Å². The van der Waals surface area contributed by atoms with Gasteiger partial charge in [-0.05, 0) is 43.5 Å². The molecule has 1 aliphatic heterocycles. The molecule has 1 saturated heterocycles. The number of hydrogen-bond donors (Lipinski definition) is 3. The van der Waals surface area contributed by atoms with Crippen LogP contribution in [0.4, 0.5) is 0 Å². The van der Waals surface area contributed by atoms with E-state index in [9.17, 15) is 0 Å². The standard InChI is InChI=1S/C16H27N3O/c1-12(2)8-9-20-15-6-4-13(5-7-15)16-10-14(11-17-3)18-19-16/h4-7,12,14,16-19H,8-11H2,1-3H3. The van der Waals surface area contributed by atoms with Crippen LogP contribution >= 0.6 is 0 Å². The zero-order valence-corrected chi connectivity index (χ0v) is 12.8. The van der Waals surface area contributed by atoms with Gasteiger partial charge in [0.25, 0.3) is 0 Å². The molecule has 1 fully saturated rings. The third-order valence-electron chi connectivity index (χ3n) is 3.68. The van der Waals surface area contributed by atoms with Crippen molar-refractivity contribution in [3.63, 3.8) is 0 Å². The van der Waals surface area contributed by atoms with Gasteiger partial charge in [0, 0.05) is 18.6 Å². The normalized spacial score (nSPS) is 22.4. The Labute approximate surface area is 122 Å². The molecule has 4 nitrogen and oxygen atoms in total. The molecule has 0 aromatic heterocycles. The summed E-state index contributed by atoms with van der Waals surface area (Å²) in [5.74, 6) is 1.65. The van der Waals surface area contributed by atoms with Gasteiger partial charge in [0.2, 0.25) is 0 Å². The SMILES string of the molecule is CNCC1CC(c2ccc(OCCC(C)C)cc2)NN1. The van der Waals surface area contributed by atoms with Crippen molar-refractivity contribution in [2.24, 2.45) is 5.92 Å². The van der Waals surface area contributed by atoms with Gasteiger partial charge in [-0.1, -0.05) is 26.0 Å². The van der Waals surface area contributed by atoms with Crippen LogP contribution in [0.2, 0.25) is 0 Å².